The van der Waals surface area contributed by atoms with Crippen molar-refractivity contribution in [3.63, 3.8) is 0 Å². The Morgan fingerprint density at radius 2 is 2.09 bits per heavy atom. The van der Waals surface area contributed by atoms with Crippen molar-refractivity contribution in [2.45, 2.75) is 25.4 Å². The minimum absolute atomic E-state index is 0.0660. The fourth-order valence-corrected chi connectivity index (χ4v) is 1.20. The molecule has 0 saturated heterocycles. The van der Waals surface area contributed by atoms with E-state index in [1.807, 2.05) is 0 Å². The van der Waals surface area contributed by atoms with Gasteiger partial charge in [-0.3, -0.25) is 0 Å². The van der Waals surface area contributed by atoms with Crippen LogP contribution < -0.4 is 5.14 Å². The van der Waals surface area contributed by atoms with Crippen LogP contribution in [0.4, 0.5) is 0 Å². The second kappa shape index (κ2) is 3.51. The van der Waals surface area contributed by atoms with E-state index in [0.29, 0.717) is 0 Å². The standard InChI is InChI=1S/C6H13NO3S/c7-11(8,9)5-4-10-6-2-1-3-6/h6H,1-5H2,(H2,7,8,9). The van der Waals surface area contributed by atoms with Crippen LogP contribution in [0.3, 0.4) is 0 Å². The second-order valence-corrected chi connectivity index (χ2v) is 4.52. The third kappa shape index (κ3) is 3.69. The third-order valence-electron chi connectivity index (χ3n) is 1.77. The van der Waals surface area contributed by atoms with Gasteiger partial charge in [0.2, 0.25) is 10.0 Å². The van der Waals surface area contributed by atoms with Crippen LogP contribution in [0.25, 0.3) is 0 Å². The smallest absolute Gasteiger partial charge is 0.211 e. The molecule has 1 aliphatic carbocycles. The van der Waals surface area contributed by atoms with Crippen LogP contribution in [-0.4, -0.2) is 26.9 Å². The third-order valence-corrected chi connectivity index (χ3v) is 2.51. The molecule has 0 unspecified atom stereocenters. The minimum Gasteiger partial charge on any atom is -0.377 e. The Bertz CT molecular complexity index is 208. The number of hydrogen-bond acceptors (Lipinski definition) is 3. The summed E-state index contributed by atoms with van der Waals surface area (Å²) in [5.74, 6) is -0.0660. The van der Waals surface area contributed by atoms with Gasteiger partial charge in [0.1, 0.15) is 0 Å². The highest BCUT2D eigenvalue weighted by molar-refractivity contribution is 7.89. The first-order valence-electron chi connectivity index (χ1n) is 3.70. The summed E-state index contributed by atoms with van der Waals surface area (Å²) in [6.07, 6.45) is 3.60. The fraction of sp³-hybridized carbons (Fsp3) is 1.00. The molecule has 0 radical (unpaired) electrons. The average Bonchev–Trinajstić information content (AvgIpc) is 1.73. The molecule has 11 heavy (non-hydrogen) atoms. The molecule has 0 amide bonds. The summed E-state index contributed by atoms with van der Waals surface area (Å²) in [6, 6.07) is 0. The summed E-state index contributed by atoms with van der Waals surface area (Å²) >= 11 is 0. The predicted molar refractivity (Wildman–Crippen MR) is 41.6 cm³/mol. The highest BCUT2D eigenvalue weighted by Gasteiger charge is 2.18. The first-order chi connectivity index (χ1) is 5.08. The molecule has 0 heterocycles. The summed E-state index contributed by atoms with van der Waals surface area (Å²) in [6.45, 7) is 0.240. The molecular weight excluding hydrogens is 166 g/mol. The van der Waals surface area contributed by atoms with E-state index >= 15 is 0 Å². The predicted octanol–water partition coefficient (Wildman–Crippen LogP) is -0.156. The monoisotopic (exact) mass is 179 g/mol. The number of sulfonamides is 1. The van der Waals surface area contributed by atoms with Crippen molar-refractivity contribution in [2.75, 3.05) is 12.4 Å². The Morgan fingerprint density at radius 3 is 2.45 bits per heavy atom. The van der Waals surface area contributed by atoms with Crippen LogP contribution in [0.1, 0.15) is 19.3 Å². The zero-order valence-corrected chi connectivity index (χ0v) is 7.14. The van der Waals surface area contributed by atoms with Gasteiger partial charge in [-0.1, -0.05) is 0 Å². The van der Waals surface area contributed by atoms with Crippen LogP contribution >= 0.6 is 0 Å². The van der Waals surface area contributed by atoms with Gasteiger partial charge in [0.05, 0.1) is 18.5 Å². The molecule has 0 bridgehead atoms. The molecule has 4 nitrogen and oxygen atoms in total. The van der Waals surface area contributed by atoms with Crippen molar-refractivity contribution in [1.82, 2.24) is 0 Å². The molecule has 66 valence electrons. The molecule has 1 fully saturated rings. The van der Waals surface area contributed by atoms with E-state index in [4.69, 9.17) is 9.88 Å². The maximum Gasteiger partial charge on any atom is 0.211 e. The van der Waals surface area contributed by atoms with Crippen LogP contribution in [0, 0.1) is 0 Å². The van der Waals surface area contributed by atoms with Crippen molar-refractivity contribution >= 4 is 10.0 Å². The van der Waals surface area contributed by atoms with Crippen LogP contribution in [-0.2, 0) is 14.8 Å². The topological polar surface area (TPSA) is 69.4 Å². The lowest BCUT2D eigenvalue weighted by Gasteiger charge is -2.25. The Balaban J connectivity index is 2.04. The zero-order valence-electron chi connectivity index (χ0n) is 6.32. The SMILES string of the molecule is NS(=O)(=O)CCOC1CCC1. The van der Waals surface area contributed by atoms with Gasteiger partial charge in [-0.05, 0) is 19.3 Å². The largest absolute Gasteiger partial charge is 0.377 e. The van der Waals surface area contributed by atoms with Crippen molar-refractivity contribution < 1.29 is 13.2 Å². The van der Waals surface area contributed by atoms with Gasteiger partial charge >= 0.3 is 0 Å². The lowest BCUT2D eigenvalue weighted by atomic mass is 9.96. The fourth-order valence-electron chi connectivity index (χ4n) is 0.868. The number of hydrogen-bond donors (Lipinski definition) is 1. The molecule has 2 N–H and O–H groups in total. The van der Waals surface area contributed by atoms with Gasteiger partial charge in [0.25, 0.3) is 0 Å². The van der Waals surface area contributed by atoms with Gasteiger partial charge in [0.15, 0.2) is 0 Å². The quantitative estimate of drug-likeness (QED) is 0.652. The van der Waals surface area contributed by atoms with E-state index < -0.39 is 10.0 Å². The first kappa shape index (κ1) is 8.96. The van der Waals surface area contributed by atoms with Gasteiger partial charge in [-0.2, -0.15) is 0 Å². The summed E-state index contributed by atoms with van der Waals surface area (Å²) < 4.78 is 26.0. The van der Waals surface area contributed by atoms with E-state index in [-0.39, 0.29) is 18.5 Å². The highest BCUT2D eigenvalue weighted by atomic mass is 32.2. The molecule has 5 heteroatoms. The normalized spacial score (nSPS) is 19.7. The molecule has 0 aromatic heterocycles. The van der Waals surface area contributed by atoms with Crippen LogP contribution in [0.5, 0.6) is 0 Å². The van der Waals surface area contributed by atoms with E-state index in [1.54, 1.807) is 0 Å². The Kier molecular flexibility index (Phi) is 2.86. The lowest BCUT2D eigenvalue weighted by molar-refractivity contribution is 0.0110. The lowest BCUT2D eigenvalue weighted by Crippen LogP contribution is -2.26. The summed E-state index contributed by atoms with van der Waals surface area (Å²) in [4.78, 5) is 0. The zero-order chi connectivity index (χ0) is 8.32. The Morgan fingerprint density at radius 1 is 1.45 bits per heavy atom. The molecule has 0 aromatic carbocycles. The van der Waals surface area contributed by atoms with Crippen molar-refractivity contribution in [3.8, 4) is 0 Å². The maximum absolute atomic E-state index is 10.4. The average molecular weight is 179 g/mol. The van der Waals surface area contributed by atoms with Crippen LogP contribution in [0.15, 0.2) is 0 Å². The van der Waals surface area contributed by atoms with Gasteiger partial charge in [-0.25, -0.2) is 13.6 Å². The van der Waals surface area contributed by atoms with E-state index in [2.05, 4.69) is 0 Å². The number of nitrogens with two attached hydrogens (primary N) is 1. The highest BCUT2D eigenvalue weighted by Crippen LogP contribution is 2.21. The molecule has 0 spiro atoms. The molecule has 1 aliphatic rings. The van der Waals surface area contributed by atoms with Gasteiger partial charge < -0.3 is 4.74 Å². The molecule has 0 atom stereocenters. The molecule has 1 rings (SSSR count). The summed E-state index contributed by atoms with van der Waals surface area (Å²) in [5.41, 5.74) is 0. The number of rotatable bonds is 4. The van der Waals surface area contributed by atoms with E-state index in [1.165, 1.54) is 6.42 Å². The van der Waals surface area contributed by atoms with E-state index in [0.717, 1.165) is 12.8 Å². The van der Waals surface area contributed by atoms with Gasteiger partial charge in [-0.15, -0.1) is 0 Å². The summed E-state index contributed by atoms with van der Waals surface area (Å²) in [5, 5.41) is 4.77. The van der Waals surface area contributed by atoms with Crippen molar-refractivity contribution in [3.05, 3.63) is 0 Å². The Labute approximate surface area is 66.8 Å². The molecular formula is C6H13NO3S. The number of ether oxygens (including phenoxy) is 1. The summed E-state index contributed by atoms with van der Waals surface area (Å²) in [7, 11) is -3.33. The number of primary sulfonamides is 1. The van der Waals surface area contributed by atoms with E-state index in [9.17, 15) is 8.42 Å². The molecule has 0 aromatic rings. The van der Waals surface area contributed by atoms with Gasteiger partial charge in [0, 0.05) is 0 Å². The second-order valence-electron chi connectivity index (χ2n) is 2.79. The van der Waals surface area contributed by atoms with Crippen molar-refractivity contribution in [1.29, 1.82) is 0 Å². The molecule has 0 aliphatic heterocycles. The maximum atomic E-state index is 10.4. The van der Waals surface area contributed by atoms with Crippen molar-refractivity contribution in [2.24, 2.45) is 5.14 Å². The molecule has 1 saturated carbocycles. The first-order valence-corrected chi connectivity index (χ1v) is 5.41. The van der Waals surface area contributed by atoms with Crippen LogP contribution in [0.2, 0.25) is 0 Å². The Hall–Kier alpha value is -0.130. The minimum atomic E-state index is -3.33.